The largest absolute Gasteiger partial charge is 0.496 e. The van der Waals surface area contributed by atoms with Gasteiger partial charge < -0.3 is 35.8 Å². The van der Waals surface area contributed by atoms with Crippen LogP contribution in [0.2, 0.25) is 20.1 Å². The minimum absolute atomic E-state index is 0.00130. The summed E-state index contributed by atoms with van der Waals surface area (Å²) >= 11 is 35.1. The molecule has 0 amide bonds. The number of halogens is 7. The molecule has 0 spiro atoms. The lowest BCUT2D eigenvalue weighted by molar-refractivity contribution is -0.119. The molecule has 13 rings (SSSR count). The van der Waals surface area contributed by atoms with E-state index in [1.807, 2.05) is 164 Å². The average molecular weight is 1880 g/mol. The Bertz CT molecular complexity index is 5280. The predicted octanol–water partition coefficient (Wildman–Crippen LogP) is 24.2. The summed E-state index contributed by atoms with van der Waals surface area (Å²) in [7, 11) is -0.748. The number of anilines is 3. The van der Waals surface area contributed by atoms with Gasteiger partial charge in [-0.1, -0.05) is 153 Å². The highest BCUT2D eigenvalue weighted by atomic mass is 79.9. The number of Topliss-reactive ketones (excluding diaryl/α,β-unsaturated/α-hetero) is 1. The molecule has 2 aliphatic rings. The second kappa shape index (κ2) is 42.6. The summed E-state index contributed by atoms with van der Waals surface area (Å²) in [6.07, 6.45) is 22.3. The fourth-order valence-corrected chi connectivity index (χ4v) is 14.0. The molecule has 26 heteroatoms. The van der Waals surface area contributed by atoms with Crippen molar-refractivity contribution < 1.29 is 28.2 Å². The summed E-state index contributed by atoms with van der Waals surface area (Å²) in [6.45, 7) is 43.5. The second-order valence-electron chi connectivity index (χ2n) is 34.6. The van der Waals surface area contributed by atoms with Gasteiger partial charge in [0.15, 0.2) is 0 Å². The molecule has 9 heterocycles. The summed E-state index contributed by atoms with van der Waals surface area (Å²) in [4.78, 5) is 55.0. The monoisotopic (exact) mass is 1870 g/mol. The van der Waals surface area contributed by atoms with Crippen LogP contribution in [0.5, 0.6) is 0 Å². The number of hydrogen-bond donors (Lipinski definition) is 3. The van der Waals surface area contributed by atoms with E-state index in [0.29, 0.717) is 55.9 Å². The van der Waals surface area contributed by atoms with Gasteiger partial charge in [0, 0.05) is 205 Å². The quantitative estimate of drug-likeness (QED) is 0.0445. The lowest BCUT2D eigenvalue weighted by Crippen LogP contribution is -2.41. The van der Waals surface area contributed by atoms with Crippen LogP contribution in [-0.4, -0.2) is 89.4 Å². The Balaban J connectivity index is 0.000000200. The van der Waals surface area contributed by atoms with E-state index in [1.54, 1.807) is 49.1 Å². The number of pyridine rings is 7. The topological polar surface area (TPSA) is 252 Å². The van der Waals surface area contributed by atoms with Gasteiger partial charge in [-0.2, -0.15) is 0 Å². The van der Waals surface area contributed by atoms with Gasteiger partial charge in [-0.3, -0.25) is 39.7 Å². The molecule has 626 valence electrons. The molecular weight excluding hydrogens is 1770 g/mol. The molecule has 7 aromatic heterocycles. The van der Waals surface area contributed by atoms with Gasteiger partial charge in [-0.15, -0.1) is 0 Å². The molecule has 11 aromatic rings. The Kier molecular flexibility index (Phi) is 35.1. The number of nitrogens with two attached hydrogens (primary N) is 3. The van der Waals surface area contributed by atoms with E-state index < -0.39 is 7.12 Å². The number of rotatable bonds is 12. The number of hydrogen-bond acceptors (Lipinski definition) is 17. The fourth-order valence-electron chi connectivity index (χ4n) is 11.5. The summed E-state index contributed by atoms with van der Waals surface area (Å²) in [6, 6.07) is 42.7. The molecule has 119 heavy (non-hydrogen) atoms. The van der Waals surface area contributed by atoms with Crippen LogP contribution in [0.1, 0.15) is 174 Å². The molecule has 4 aromatic carbocycles. The van der Waals surface area contributed by atoms with Gasteiger partial charge >= 0.3 is 14.2 Å². The fraction of sp³-hybridized carbons (Fsp3) is 0.344. The average Bonchev–Trinajstić information content (AvgIpc) is 1.63. The zero-order valence-electron chi connectivity index (χ0n) is 71.7. The second-order valence-corrected chi connectivity index (χ2v) is 39.0. The predicted molar refractivity (Wildman–Crippen MR) is 506 cm³/mol. The number of nitrogens with zero attached hydrogens (tertiary/aromatic N) is 8. The smallest absolute Gasteiger partial charge is 0.399 e. The first-order valence-electron chi connectivity index (χ1n) is 38.9. The van der Waals surface area contributed by atoms with Crippen LogP contribution in [0, 0.1) is 5.92 Å². The highest BCUT2D eigenvalue weighted by molar-refractivity contribution is 9.11. The molecule has 0 radical (unpaired) electrons. The van der Waals surface area contributed by atoms with Crippen molar-refractivity contribution in [3.63, 3.8) is 0 Å². The first-order chi connectivity index (χ1) is 55.5. The van der Waals surface area contributed by atoms with Crippen molar-refractivity contribution in [3.8, 4) is 55.6 Å². The standard InChI is InChI=1S/C26H29ClN2O.C20H20ClN3.C15H24BNO2.C12H17BClNO2.C11H8BrClN2.C5H3Br2N.C4H7NO/c1-17(2)10-22(30)11-18-6-7-23(24(27)12-18)21-13-20(15-28-16-21)19-8-9-29-25(14-19)26(3,4)5;1-20(2,3)19-9-13(6-7-24-19)14-8-15(12-23-11-14)17-5-4-16(22)10-18(17)21;1-13(2,3)12-10-11(8-9-17-12)16-18-14(4,5)15(6,7)19-16;1-11(2)12(3,4)17-13(16-11)9-6-5-8(15)7-10(9)14;12-8-3-7(5-15-6-8)10-2-1-9(14)4-11(10)13;6-4-1-5(7)3-8-2-4;1-4(2)5-3-6/h6-9,12-17H,10-11H2,1-5H3;4-12H,22H2,1-3H3;8-10H,1-7H3;5-7H,15H2,1-4H3;1-6H,14H2;1-3H;4H,1-2H3. The molecule has 0 saturated carbocycles. The molecule has 0 unspecified atom stereocenters. The number of ketones is 1. The van der Waals surface area contributed by atoms with Crippen LogP contribution < -0.4 is 28.1 Å². The molecule has 0 aliphatic carbocycles. The van der Waals surface area contributed by atoms with Crippen molar-refractivity contribution in [3.05, 3.63) is 258 Å². The van der Waals surface area contributed by atoms with Crippen molar-refractivity contribution in [2.45, 2.75) is 203 Å². The Morgan fingerprint density at radius 2 is 0.782 bits per heavy atom. The van der Waals surface area contributed by atoms with E-state index in [0.717, 1.165) is 103 Å². The maximum Gasteiger partial charge on any atom is 0.496 e. The van der Waals surface area contributed by atoms with Gasteiger partial charge in [0.2, 0.25) is 6.08 Å². The summed E-state index contributed by atoms with van der Waals surface area (Å²) < 4.78 is 26.9. The summed E-state index contributed by atoms with van der Waals surface area (Å²) in [5, 5.41) is 2.46. The molecule has 17 nitrogen and oxygen atoms in total. The Morgan fingerprint density at radius 1 is 0.429 bits per heavy atom. The normalized spacial score (nSPS) is 14.2. The van der Waals surface area contributed by atoms with Crippen molar-refractivity contribution in [2.75, 3.05) is 17.2 Å². The van der Waals surface area contributed by atoms with Gasteiger partial charge in [0.1, 0.15) is 5.78 Å². The van der Waals surface area contributed by atoms with Crippen LogP contribution in [0.3, 0.4) is 0 Å². The SMILES string of the molecule is Brc1cncc(Br)c1.CC(C)(C)c1cc(-c2cncc(-c3ccc(N)cc3Cl)c2)ccn1.CC(C)(C)c1cc(B2OC(C)(C)C(C)(C)O2)ccn1.CC(C)CC(=O)Cc1ccc(-c2cncc(-c3ccnc(C(C)(C)C)c3)c2)c(Cl)c1.CC(C)N=C=O.CC1(C)OB(c2ccc(N)cc2Cl)OC1(C)C.Nc1ccc(-c2cncc(Br)c2)c(Cl)c1. The highest BCUT2D eigenvalue weighted by Gasteiger charge is 2.53. The zero-order chi connectivity index (χ0) is 88.3. The third-order valence-electron chi connectivity index (χ3n) is 19.5. The molecule has 2 aliphatic heterocycles. The van der Waals surface area contributed by atoms with E-state index in [4.69, 9.17) is 82.2 Å². The minimum atomic E-state index is -0.437. The Hall–Kier alpha value is -8.05. The van der Waals surface area contributed by atoms with Crippen LogP contribution in [0.25, 0.3) is 55.6 Å². The van der Waals surface area contributed by atoms with Crippen molar-refractivity contribution in [2.24, 2.45) is 10.9 Å². The molecule has 0 bridgehead atoms. The maximum atomic E-state index is 12.1. The van der Waals surface area contributed by atoms with Crippen LogP contribution in [-0.2, 0) is 50.9 Å². The molecule has 2 saturated heterocycles. The van der Waals surface area contributed by atoms with Gasteiger partial charge in [0.25, 0.3) is 0 Å². The first-order valence-corrected chi connectivity index (χ1v) is 42.8. The molecular formula is C93H108B2Br3Cl4N11O6. The number of benzene rings is 4. The van der Waals surface area contributed by atoms with E-state index >= 15 is 0 Å². The van der Waals surface area contributed by atoms with Gasteiger partial charge in [0.05, 0.1) is 38.5 Å². The van der Waals surface area contributed by atoms with Gasteiger partial charge in [-0.05, 0) is 248 Å². The van der Waals surface area contributed by atoms with Crippen molar-refractivity contribution >= 4 is 148 Å². The van der Waals surface area contributed by atoms with E-state index in [1.165, 1.54) is 6.08 Å². The van der Waals surface area contributed by atoms with Crippen LogP contribution in [0.15, 0.2) is 220 Å². The highest BCUT2D eigenvalue weighted by Crippen LogP contribution is 2.41. The third-order valence-corrected chi connectivity index (χ3v) is 22.1. The van der Waals surface area contributed by atoms with E-state index in [2.05, 4.69) is 222 Å². The lowest BCUT2D eigenvalue weighted by atomic mass is 9.77. The number of carbonyl (C=O) groups is 1. The molecule has 6 N–H and O–H groups in total. The van der Waals surface area contributed by atoms with Crippen LogP contribution in [0.4, 0.5) is 17.1 Å². The Morgan fingerprint density at radius 3 is 1.14 bits per heavy atom. The number of isocyanates is 1. The van der Waals surface area contributed by atoms with E-state index in [-0.39, 0.29) is 57.6 Å². The number of aliphatic imine (C=N–C) groups is 1. The number of nitrogen functional groups attached to an aromatic ring is 3. The maximum absolute atomic E-state index is 12.1. The third kappa shape index (κ3) is 29.3. The molecule has 2 fully saturated rings. The van der Waals surface area contributed by atoms with Crippen LogP contribution >= 0.6 is 94.2 Å². The molecule has 0 atom stereocenters. The minimum Gasteiger partial charge on any atom is -0.399 e. The Labute approximate surface area is 749 Å². The van der Waals surface area contributed by atoms with E-state index in [9.17, 15) is 9.59 Å². The zero-order valence-corrected chi connectivity index (χ0v) is 79.5. The van der Waals surface area contributed by atoms with Crippen molar-refractivity contribution in [1.29, 1.82) is 0 Å². The van der Waals surface area contributed by atoms with Gasteiger partial charge in [-0.25, -0.2) is 9.79 Å². The first kappa shape index (κ1) is 98.1. The number of aromatic nitrogens is 7. The summed E-state index contributed by atoms with van der Waals surface area (Å²) in [5.74, 6) is 0.609. The number of carbonyl (C=O) groups excluding carboxylic acids is 2. The summed E-state index contributed by atoms with van der Waals surface area (Å²) in [5.41, 5.74) is 33.5. The lowest BCUT2D eigenvalue weighted by Gasteiger charge is -2.32. The van der Waals surface area contributed by atoms with Crippen molar-refractivity contribution in [1.82, 2.24) is 34.9 Å².